The zero-order valence-corrected chi connectivity index (χ0v) is 33.6. The monoisotopic (exact) mass is 800 g/mol. The smallest absolute Gasteiger partial charge is 0.347 e. The van der Waals surface area contributed by atoms with Crippen molar-refractivity contribution in [2.24, 2.45) is 0 Å². The molecule has 0 radical (unpaired) electrons. The van der Waals surface area contributed by atoms with Gasteiger partial charge in [-0.3, -0.25) is 9.59 Å². The molecule has 1 N–H and O–H groups in total. The molecule has 14 heteroatoms. The van der Waals surface area contributed by atoms with Gasteiger partial charge in [0.2, 0.25) is 6.04 Å². The van der Waals surface area contributed by atoms with E-state index in [9.17, 15) is 19.2 Å². The summed E-state index contributed by atoms with van der Waals surface area (Å²) < 4.78 is 15.9. The van der Waals surface area contributed by atoms with Gasteiger partial charge in [-0.1, -0.05) is 99.5 Å². The van der Waals surface area contributed by atoms with Crippen molar-refractivity contribution in [1.82, 2.24) is 15.0 Å². The summed E-state index contributed by atoms with van der Waals surface area (Å²) >= 11 is 19.6. The molecule has 0 bridgehead atoms. The summed E-state index contributed by atoms with van der Waals surface area (Å²) in [6.07, 6.45) is 10.4. The summed E-state index contributed by atoms with van der Waals surface area (Å²) in [7, 11) is 1.49. The van der Waals surface area contributed by atoms with Crippen LogP contribution in [-0.4, -0.2) is 58.4 Å². The third-order valence-electron chi connectivity index (χ3n) is 9.19. The lowest BCUT2D eigenvalue weighted by molar-refractivity contribution is -0.153. The maximum absolute atomic E-state index is 14.0. The highest BCUT2D eigenvalue weighted by atomic mass is 35.5. The Hall–Kier alpha value is -4.19. The van der Waals surface area contributed by atoms with E-state index in [4.69, 9.17) is 49.0 Å². The van der Waals surface area contributed by atoms with E-state index in [1.807, 2.05) is 0 Å². The quantitative estimate of drug-likeness (QED) is 0.0400. The number of aromatic nitrogens is 3. The molecule has 0 saturated heterocycles. The molecule has 1 aromatic heterocycles. The number of ether oxygens (including phenoxy) is 3. The van der Waals surface area contributed by atoms with Gasteiger partial charge in [0.25, 0.3) is 5.91 Å². The number of nitrogens with zero attached hydrogens (tertiary/aromatic N) is 3. The summed E-state index contributed by atoms with van der Waals surface area (Å²) in [5, 5.41) is 12.1. The van der Waals surface area contributed by atoms with Gasteiger partial charge in [-0.15, -0.1) is 0 Å². The fourth-order valence-corrected chi connectivity index (χ4v) is 6.47. The number of hydrogen-bond donors (Lipinski definition) is 1. The molecule has 54 heavy (non-hydrogen) atoms. The Balaban J connectivity index is 1.44. The van der Waals surface area contributed by atoms with E-state index in [2.05, 4.69) is 22.4 Å². The fourth-order valence-electron chi connectivity index (χ4n) is 5.77. The van der Waals surface area contributed by atoms with Gasteiger partial charge >= 0.3 is 11.9 Å². The van der Waals surface area contributed by atoms with Crippen LogP contribution in [0.15, 0.2) is 42.5 Å². The van der Waals surface area contributed by atoms with Gasteiger partial charge in [-0.25, -0.2) is 9.59 Å². The number of ketones is 1. The molecule has 0 aliphatic rings. The number of nitrogens with one attached hydrogen (secondary N) is 1. The Morgan fingerprint density at radius 2 is 1.31 bits per heavy atom. The second-order valence-electron chi connectivity index (χ2n) is 13.2. The summed E-state index contributed by atoms with van der Waals surface area (Å²) in [4.78, 5) is 54.6. The van der Waals surface area contributed by atoms with Gasteiger partial charge in [0.15, 0.2) is 11.9 Å². The number of anilines is 1. The second-order valence-corrected chi connectivity index (χ2v) is 14.3. The minimum Gasteiger partial charge on any atom is -0.497 e. The normalized spacial score (nSPS) is 12.3. The molecule has 1 amide bonds. The lowest BCUT2D eigenvalue weighted by atomic mass is 10.0. The molecule has 0 saturated carbocycles. The molecule has 0 aliphatic heterocycles. The zero-order valence-electron chi connectivity index (χ0n) is 31.3. The predicted molar refractivity (Wildman–Crippen MR) is 211 cm³/mol. The van der Waals surface area contributed by atoms with Crippen molar-refractivity contribution in [2.75, 3.05) is 19.0 Å². The Labute approximate surface area is 330 Å². The van der Waals surface area contributed by atoms with Gasteiger partial charge < -0.3 is 19.5 Å². The van der Waals surface area contributed by atoms with Crippen molar-refractivity contribution in [3.05, 3.63) is 79.8 Å². The van der Waals surface area contributed by atoms with Crippen molar-refractivity contribution >= 4 is 75.2 Å². The van der Waals surface area contributed by atoms with Crippen molar-refractivity contribution in [3.63, 3.8) is 0 Å². The molecule has 1 heterocycles. The van der Waals surface area contributed by atoms with Crippen LogP contribution in [0.25, 0.3) is 11.0 Å². The van der Waals surface area contributed by atoms with E-state index >= 15 is 0 Å². The number of fused-ring (bicyclic) bond motifs is 1. The highest BCUT2D eigenvalue weighted by molar-refractivity contribution is 6.40. The van der Waals surface area contributed by atoms with Crippen LogP contribution in [0.4, 0.5) is 5.69 Å². The maximum Gasteiger partial charge on any atom is 0.347 e. The standard InChI is InChI=1S/C40H47Cl3N4O7/c1-6-7-8-9-10-11-12-13-14-15-22-53-39(50)26(4)54-40(51)28-18-21-30(41)31(23-28)44-38(49)36(37(48)27-16-19-29(52-5)20-17-27)47-45-34-32(42)24(2)25(3)33(43)35(34)46-47/h16-21,23,26,36H,6-15,22H2,1-5H3,(H,44,49). The minimum absolute atomic E-state index is 0.000647. The number of esters is 2. The van der Waals surface area contributed by atoms with Crippen LogP contribution in [0.2, 0.25) is 15.1 Å². The van der Waals surface area contributed by atoms with E-state index in [0.29, 0.717) is 16.9 Å². The minimum atomic E-state index is -1.66. The molecule has 3 aromatic carbocycles. The van der Waals surface area contributed by atoms with Crippen LogP contribution in [0.3, 0.4) is 0 Å². The second kappa shape index (κ2) is 20.5. The molecule has 2 atom stereocenters. The number of halogens is 3. The molecular formula is C40H47Cl3N4O7. The van der Waals surface area contributed by atoms with Gasteiger partial charge in [0, 0.05) is 5.56 Å². The average Bonchev–Trinajstić information content (AvgIpc) is 3.61. The van der Waals surface area contributed by atoms with Crippen molar-refractivity contribution in [3.8, 4) is 5.75 Å². The third-order valence-corrected chi connectivity index (χ3v) is 10.4. The van der Waals surface area contributed by atoms with E-state index in [1.54, 1.807) is 26.0 Å². The van der Waals surface area contributed by atoms with Crippen LogP contribution in [0.5, 0.6) is 5.75 Å². The number of carbonyl (C=O) groups is 4. The first-order valence-electron chi connectivity index (χ1n) is 18.2. The Morgan fingerprint density at radius 3 is 1.87 bits per heavy atom. The van der Waals surface area contributed by atoms with Crippen molar-refractivity contribution in [2.45, 2.75) is 104 Å². The molecule has 4 aromatic rings. The molecular weight excluding hydrogens is 755 g/mol. The highest BCUT2D eigenvalue weighted by Gasteiger charge is 2.34. The summed E-state index contributed by atoms with van der Waals surface area (Å²) in [5.41, 5.74) is 1.94. The molecule has 290 valence electrons. The first-order valence-corrected chi connectivity index (χ1v) is 19.4. The van der Waals surface area contributed by atoms with Gasteiger partial charge in [0.05, 0.1) is 40.0 Å². The Kier molecular flexibility index (Phi) is 16.1. The first-order chi connectivity index (χ1) is 25.9. The number of rotatable bonds is 20. The van der Waals surface area contributed by atoms with Crippen LogP contribution in [0, 0.1) is 13.8 Å². The molecule has 0 aliphatic carbocycles. The number of hydrogen-bond acceptors (Lipinski definition) is 9. The topological polar surface area (TPSA) is 139 Å². The fraction of sp³-hybridized carbons (Fsp3) is 0.450. The van der Waals surface area contributed by atoms with Gasteiger partial charge in [-0.05, 0) is 80.8 Å². The molecule has 0 spiro atoms. The summed E-state index contributed by atoms with van der Waals surface area (Å²) in [6.45, 7) is 7.43. The summed E-state index contributed by atoms with van der Waals surface area (Å²) in [6, 6.07) is 8.57. The number of carbonyl (C=O) groups excluding carboxylic acids is 4. The first kappa shape index (κ1) is 42.6. The van der Waals surface area contributed by atoms with Crippen LogP contribution in [0.1, 0.15) is 116 Å². The Morgan fingerprint density at radius 1 is 0.778 bits per heavy atom. The SMILES string of the molecule is CCCCCCCCCCCCOC(=O)C(C)OC(=O)c1ccc(Cl)c(NC(=O)C(C(=O)c2ccc(OC)cc2)n2nc3c(Cl)c(C)c(C)c(Cl)c3n2)c1. The molecule has 11 nitrogen and oxygen atoms in total. The zero-order chi connectivity index (χ0) is 39.4. The predicted octanol–water partition coefficient (Wildman–Crippen LogP) is 10.1. The van der Waals surface area contributed by atoms with Gasteiger partial charge in [0.1, 0.15) is 16.8 Å². The number of amides is 1. The average molecular weight is 802 g/mol. The van der Waals surface area contributed by atoms with Crippen LogP contribution >= 0.6 is 34.8 Å². The third kappa shape index (κ3) is 11.0. The molecule has 4 rings (SSSR count). The number of benzene rings is 3. The van der Waals surface area contributed by atoms with Crippen LogP contribution in [-0.2, 0) is 19.1 Å². The molecule has 0 fully saturated rings. The van der Waals surface area contributed by atoms with Crippen molar-refractivity contribution < 1.29 is 33.4 Å². The lowest BCUT2D eigenvalue weighted by Gasteiger charge is -2.17. The van der Waals surface area contributed by atoms with Crippen molar-refractivity contribution in [1.29, 1.82) is 0 Å². The molecule has 2 unspecified atom stereocenters. The largest absolute Gasteiger partial charge is 0.497 e. The highest BCUT2D eigenvalue weighted by Crippen LogP contribution is 2.35. The van der Waals surface area contributed by atoms with E-state index in [0.717, 1.165) is 30.5 Å². The van der Waals surface area contributed by atoms with Crippen LogP contribution < -0.4 is 10.1 Å². The number of methoxy groups -OCH3 is 1. The van der Waals surface area contributed by atoms with E-state index in [1.165, 1.54) is 82.9 Å². The van der Waals surface area contributed by atoms with E-state index in [-0.39, 0.29) is 49.5 Å². The number of Topliss-reactive ketones (excluding diaryl/α,β-unsaturated/α-hetero) is 1. The van der Waals surface area contributed by atoms with Gasteiger partial charge in [-0.2, -0.15) is 15.0 Å². The lowest BCUT2D eigenvalue weighted by Crippen LogP contribution is -2.34. The summed E-state index contributed by atoms with van der Waals surface area (Å²) in [5.74, 6) is -2.52. The van der Waals surface area contributed by atoms with E-state index < -0.39 is 35.8 Å². The number of unbranched alkanes of at least 4 members (excludes halogenated alkanes) is 9. The maximum atomic E-state index is 14.0. The Bertz CT molecular complexity index is 1900.